The predicted molar refractivity (Wildman–Crippen MR) is 438 cm³/mol. The van der Waals surface area contributed by atoms with Gasteiger partial charge in [0.2, 0.25) is 0 Å². The number of aryl methyl sites for hydroxylation is 5. The Morgan fingerprint density at radius 2 is 0.460 bits per heavy atom. The van der Waals surface area contributed by atoms with Crippen molar-refractivity contribution >= 4 is 0 Å². The minimum atomic E-state index is 0.888. The normalized spacial score (nSPS) is 18.1. The molecule has 0 N–H and O–H groups in total. The molecule has 0 saturated heterocycles. The Kier molecular flexibility index (Phi) is 40.8. The van der Waals surface area contributed by atoms with Gasteiger partial charge in [0.15, 0.2) is 0 Å². The van der Waals surface area contributed by atoms with Gasteiger partial charge < -0.3 is 0 Å². The van der Waals surface area contributed by atoms with Gasteiger partial charge in [-0.05, 0) is 274 Å². The first kappa shape index (κ1) is 81.6. The fourth-order valence-electron chi connectivity index (χ4n) is 13.8. The number of allylic oxidation sites excluding steroid dienone is 10. The molecule has 5 unspecified atom stereocenters. The van der Waals surface area contributed by atoms with Crippen LogP contribution < -0.4 is 0 Å². The fourth-order valence-corrected chi connectivity index (χ4v) is 13.8. The van der Waals surface area contributed by atoms with Crippen LogP contribution >= 0.6 is 0 Å². The van der Waals surface area contributed by atoms with E-state index in [2.05, 4.69) is 280 Å². The summed E-state index contributed by atoms with van der Waals surface area (Å²) in [6, 6.07) is 43.2. The average Bonchev–Trinajstić information content (AvgIpc) is 1.22. The third-order valence-electron chi connectivity index (χ3n) is 21.2. The second-order valence-electron chi connectivity index (χ2n) is 29.0. The van der Waals surface area contributed by atoms with Crippen LogP contribution in [-0.4, -0.2) is 0 Å². The van der Waals surface area contributed by atoms with Crippen molar-refractivity contribution in [2.45, 2.75) is 294 Å². The monoisotopic (exact) mass is 1330 g/mol. The number of rotatable bonds is 20. The van der Waals surface area contributed by atoms with E-state index in [0.29, 0.717) is 0 Å². The van der Waals surface area contributed by atoms with Gasteiger partial charge in [0.25, 0.3) is 0 Å². The van der Waals surface area contributed by atoms with Crippen LogP contribution in [0.25, 0.3) is 0 Å². The molecule has 0 nitrogen and oxygen atoms in total. The predicted octanol–water partition coefficient (Wildman–Crippen LogP) is 27.6. The van der Waals surface area contributed by atoms with Gasteiger partial charge in [-0.2, -0.15) is 0 Å². The zero-order valence-corrected chi connectivity index (χ0v) is 64.6. The molecule has 5 aromatic rings. The molecule has 530 valence electrons. The van der Waals surface area contributed by atoms with Gasteiger partial charge in [-0.15, -0.1) is 0 Å². The fraction of sp³-hybridized carbons (Fsp3) is 0.500. The molecule has 10 rings (SSSR count). The van der Waals surface area contributed by atoms with Crippen molar-refractivity contribution in [3.05, 3.63) is 235 Å². The Hall–Kier alpha value is -7.40. The van der Waals surface area contributed by atoms with E-state index in [0.717, 1.165) is 89.5 Å². The molecule has 0 heterocycles. The highest BCUT2D eigenvalue weighted by Crippen LogP contribution is 2.31. The van der Waals surface area contributed by atoms with Gasteiger partial charge in [0, 0.05) is 27.8 Å². The van der Waals surface area contributed by atoms with E-state index in [1.165, 1.54) is 248 Å². The lowest BCUT2D eigenvalue weighted by atomic mass is 9.86. The Bertz CT molecular complexity index is 3600. The first-order chi connectivity index (χ1) is 49.1. The second-order valence-corrected chi connectivity index (χ2v) is 29.0. The maximum absolute atomic E-state index is 3.38. The summed E-state index contributed by atoms with van der Waals surface area (Å²) in [6.45, 7) is 22.3. The third-order valence-corrected chi connectivity index (χ3v) is 21.2. The Labute approximate surface area is 614 Å². The molecule has 5 atom stereocenters. The molecule has 0 spiro atoms. The number of hydrogen-bond donors (Lipinski definition) is 0. The van der Waals surface area contributed by atoms with Crippen LogP contribution in [0.1, 0.15) is 317 Å². The Morgan fingerprint density at radius 3 is 0.680 bits per heavy atom. The zero-order valence-electron chi connectivity index (χ0n) is 64.6. The molecule has 5 aliphatic carbocycles. The summed E-state index contributed by atoms with van der Waals surface area (Å²) in [5.41, 5.74) is 19.3. The van der Waals surface area contributed by atoms with Crippen LogP contribution in [0.3, 0.4) is 0 Å². The van der Waals surface area contributed by atoms with Crippen LogP contribution in [0.15, 0.2) is 180 Å². The maximum Gasteiger partial charge on any atom is 0.0249 e. The summed E-state index contributed by atoms with van der Waals surface area (Å²) in [7, 11) is 0. The van der Waals surface area contributed by atoms with Crippen molar-refractivity contribution in [3.8, 4) is 59.2 Å². The minimum Gasteiger partial charge on any atom is -0.0726 e. The SMILES string of the molecule is CCCC1CC=C(C#Cc2ccc(CC)cc2)CC1.CCCCC1CC=C(C#Cc2ccc(CC)cc2)CC1.CCCCCC1CC=C(C#Cc2ccc(CC)cc2)CC1.CCCCCCC1CC=C(C#Cc2ccc(CC)cc2)CC1.CCc1ccc(C#CC2=CCC(CC)CC2)cc1. The van der Waals surface area contributed by atoms with E-state index in [1.807, 2.05) is 0 Å². The Morgan fingerprint density at radius 1 is 0.230 bits per heavy atom. The van der Waals surface area contributed by atoms with Gasteiger partial charge in [0.1, 0.15) is 0 Å². The van der Waals surface area contributed by atoms with E-state index in [4.69, 9.17) is 0 Å². The molecule has 0 saturated carbocycles. The highest BCUT2D eigenvalue weighted by Gasteiger charge is 2.17. The van der Waals surface area contributed by atoms with Crippen molar-refractivity contribution < 1.29 is 0 Å². The molecule has 5 aromatic carbocycles. The standard InChI is InChI=1S/C22H30.C21H28.C20H26.C19H24.C18H22/c1-3-5-6-7-8-20-13-15-22(16-14-20)18-17-21-11-9-19(4-2)10-12-21;1-3-5-6-7-19-12-14-21(15-13-19)17-16-20-10-8-18(4-2)9-11-20;1-3-5-6-18-11-13-20(14-12-18)16-15-19-9-7-17(4-2)8-10-19;1-3-5-17-10-12-19(13-11-17)15-14-18-8-6-16(4-2)7-9-18;1-3-15-5-9-17(10-6-15)13-14-18-11-7-16(4-2)8-12-18/h9-12,15,20H,3-8,13-14,16H2,1-2H3;8-11,14,19H,3-7,12-13,15H2,1-2H3;7-10,13,18H,3-6,11-12,14H2,1-2H3;6-9,12,17H,3-5,10-11,13H2,1-2H3;5-6,9-11,16H,3-4,7-8,12H2,1-2H3. The highest BCUT2D eigenvalue weighted by atomic mass is 14.2. The summed E-state index contributed by atoms with van der Waals surface area (Å²) >= 11 is 0. The van der Waals surface area contributed by atoms with Crippen molar-refractivity contribution in [2.24, 2.45) is 29.6 Å². The molecule has 5 aliphatic rings. The largest absolute Gasteiger partial charge is 0.0726 e. The summed E-state index contributed by atoms with van der Waals surface area (Å²) in [4.78, 5) is 0. The van der Waals surface area contributed by atoms with Gasteiger partial charge >= 0.3 is 0 Å². The van der Waals surface area contributed by atoms with Crippen LogP contribution in [0.4, 0.5) is 0 Å². The summed E-state index contributed by atoms with van der Waals surface area (Å²) in [6.07, 6.45) is 56.6. The van der Waals surface area contributed by atoms with Crippen molar-refractivity contribution in [3.63, 3.8) is 0 Å². The van der Waals surface area contributed by atoms with Crippen LogP contribution in [0.5, 0.6) is 0 Å². The number of unbranched alkanes of at least 4 members (excludes halogenated alkanes) is 6. The van der Waals surface area contributed by atoms with E-state index in [-0.39, 0.29) is 0 Å². The topological polar surface area (TPSA) is 0 Å². The summed E-state index contributed by atoms with van der Waals surface area (Å²) in [5, 5.41) is 0. The van der Waals surface area contributed by atoms with Crippen molar-refractivity contribution in [1.82, 2.24) is 0 Å². The van der Waals surface area contributed by atoms with Gasteiger partial charge in [-0.3, -0.25) is 0 Å². The molecule has 0 aliphatic heterocycles. The molecule has 100 heavy (non-hydrogen) atoms. The lowest BCUT2D eigenvalue weighted by Gasteiger charge is -2.19. The van der Waals surface area contributed by atoms with Gasteiger partial charge in [0.05, 0.1) is 0 Å². The Balaban J connectivity index is 0.000000197. The van der Waals surface area contributed by atoms with Crippen LogP contribution in [0, 0.1) is 88.8 Å². The maximum atomic E-state index is 3.38. The molecule has 0 heteroatoms. The smallest absolute Gasteiger partial charge is 0.0249 e. The zero-order chi connectivity index (χ0) is 71.0. The molecule has 0 radical (unpaired) electrons. The number of benzene rings is 5. The minimum absolute atomic E-state index is 0.888. The van der Waals surface area contributed by atoms with Gasteiger partial charge in [-0.1, -0.05) is 316 Å². The first-order valence-corrected chi connectivity index (χ1v) is 40.6. The lowest BCUT2D eigenvalue weighted by molar-refractivity contribution is 0.417. The molecule has 0 bridgehead atoms. The van der Waals surface area contributed by atoms with Gasteiger partial charge in [-0.25, -0.2) is 0 Å². The quantitative estimate of drug-likeness (QED) is 0.0538. The van der Waals surface area contributed by atoms with Crippen molar-refractivity contribution in [1.29, 1.82) is 0 Å². The first-order valence-electron chi connectivity index (χ1n) is 40.6. The third kappa shape index (κ3) is 33.4. The lowest BCUT2D eigenvalue weighted by Crippen LogP contribution is -2.05. The van der Waals surface area contributed by atoms with E-state index in [1.54, 1.807) is 0 Å². The van der Waals surface area contributed by atoms with Crippen LogP contribution in [-0.2, 0) is 32.1 Å². The highest BCUT2D eigenvalue weighted by molar-refractivity contribution is 5.46. The molecule has 0 fully saturated rings. The van der Waals surface area contributed by atoms with E-state index in [9.17, 15) is 0 Å². The molecular formula is C100H130. The summed E-state index contributed by atoms with van der Waals surface area (Å²) in [5.74, 6) is 37.8. The van der Waals surface area contributed by atoms with Crippen molar-refractivity contribution in [2.75, 3.05) is 0 Å². The molecule has 0 aromatic heterocycles. The second kappa shape index (κ2) is 50.0. The summed E-state index contributed by atoms with van der Waals surface area (Å²) < 4.78 is 0. The number of hydrogen-bond acceptors (Lipinski definition) is 0. The molecular weight excluding hydrogens is 1200 g/mol. The van der Waals surface area contributed by atoms with Crippen LogP contribution in [0.2, 0.25) is 0 Å². The van der Waals surface area contributed by atoms with E-state index < -0.39 is 0 Å². The average molecular weight is 1330 g/mol. The molecule has 0 amide bonds. The van der Waals surface area contributed by atoms with E-state index >= 15 is 0 Å².